The number of aromatic nitrogens is 2. The fourth-order valence-corrected chi connectivity index (χ4v) is 3.01. The maximum absolute atomic E-state index is 4.32. The van der Waals surface area contributed by atoms with Crippen molar-refractivity contribution in [1.29, 1.82) is 0 Å². The molecule has 3 rings (SSSR count). The van der Waals surface area contributed by atoms with Crippen molar-refractivity contribution in [3.63, 3.8) is 0 Å². The van der Waals surface area contributed by atoms with Crippen LogP contribution in [0, 0.1) is 18.8 Å². The highest BCUT2D eigenvalue weighted by Gasteiger charge is 2.57. The van der Waals surface area contributed by atoms with Crippen molar-refractivity contribution in [2.24, 2.45) is 11.8 Å². The van der Waals surface area contributed by atoms with Crippen molar-refractivity contribution in [2.75, 3.05) is 13.1 Å². The van der Waals surface area contributed by atoms with E-state index in [4.69, 9.17) is 0 Å². The molecule has 2 unspecified atom stereocenters. The standard InChI is InChI=1S/C13H19N3/c1-8(2)16-6-10-11(7-16)13(10)12-5-4-9(3)14-15-12/h4-5,8,10-11,13H,6-7H2,1-3H3. The van der Waals surface area contributed by atoms with Gasteiger partial charge in [-0.2, -0.15) is 10.2 Å². The predicted molar refractivity (Wildman–Crippen MR) is 63.2 cm³/mol. The largest absolute Gasteiger partial charge is 0.300 e. The third-order valence-electron chi connectivity index (χ3n) is 4.11. The fraction of sp³-hybridized carbons (Fsp3) is 0.692. The second-order valence-corrected chi connectivity index (χ2v) is 5.50. The first-order valence-electron chi connectivity index (χ1n) is 6.21. The Morgan fingerprint density at radius 2 is 1.88 bits per heavy atom. The minimum atomic E-state index is 0.692. The van der Waals surface area contributed by atoms with E-state index in [2.05, 4.69) is 41.1 Å². The summed E-state index contributed by atoms with van der Waals surface area (Å²) < 4.78 is 0. The van der Waals surface area contributed by atoms with Gasteiger partial charge < -0.3 is 4.90 Å². The molecule has 1 aromatic heterocycles. The van der Waals surface area contributed by atoms with Gasteiger partial charge in [0.25, 0.3) is 0 Å². The minimum Gasteiger partial charge on any atom is -0.300 e. The van der Waals surface area contributed by atoms with E-state index in [-0.39, 0.29) is 0 Å². The Balaban J connectivity index is 1.68. The SMILES string of the molecule is Cc1ccc(C2C3CN(C(C)C)CC32)nn1. The van der Waals surface area contributed by atoms with Gasteiger partial charge in [0.2, 0.25) is 0 Å². The minimum absolute atomic E-state index is 0.692. The first-order valence-corrected chi connectivity index (χ1v) is 6.21. The average molecular weight is 217 g/mol. The van der Waals surface area contributed by atoms with E-state index in [9.17, 15) is 0 Å². The average Bonchev–Trinajstić information content (AvgIpc) is 2.75. The highest BCUT2D eigenvalue weighted by molar-refractivity contribution is 5.24. The van der Waals surface area contributed by atoms with Crippen molar-refractivity contribution < 1.29 is 0 Å². The molecular formula is C13H19N3. The zero-order valence-corrected chi connectivity index (χ0v) is 10.2. The summed E-state index contributed by atoms with van der Waals surface area (Å²) in [5.41, 5.74) is 2.22. The van der Waals surface area contributed by atoms with E-state index in [1.165, 1.54) is 18.8 Å². The van der Waals surface area contributed by atoms with Crippen LogP contribution in [0.4, 0.5) is 0 Å². The summed E-state index contributed by atoms with van der Waals surface area (Å²) in [6.07, 6.45) is 0. The summed E-state index contributed by atoms with van der Waals surface area (Å²) in [5.74, 6) is 2.39. The Bertz CT molecular complexity index is 373. The predicted octanol–water partition coefficient (Wildman–Crippen LogP) is 1.84. The molecule has 1 aliphatic heterocycles. The van der Waals surface area contributed by atoms with Crippen LogP contribution in [-0.2, 0) is 0 Å². The number of hydrogen-bond donors (Lipinski definition) is 0. The van der Waals surface area contributed by atoms with Crippen LogP contribution in [0.3, 0.4) is 0 Å². The van der Waals surface area contributed by atoms with Crippen LogP contribution in [-0.4, -0.2) is 34.2 Å². The lowest BCUT2D eigenvalue weighted by atomic mass is 10.1. The second kappa shape index (κ2) is 3.52. The first kappa shape index (κ1) is 10.2. The normalized spacial score (nSPS) is 33.1. The number of piperidine rings is 1. The van der Waals surface area contributed by atoms with Crippen molar-refractivity contribution in [1.82, 2.24) is 15.1 Å². The number of hydrogen-bond acceptors (Lipinski definition) is 3. The lowest BCUT2D eigenvalue weighted by molar-refractivity contribution is 0.242. The lowest BCUT2D eigenvalue weighted by Gasteiger charge is -2.23. The monoisotopic (exact) mass is 217 g/mol. The lowest BCUT2D eigenvalue weighted by Crippen LogP contribution is -2.31. The van der Waals surface area contributed by atoms with Crippen LogP contribution >= 0.6 is 0 Å². The number of nitrogens with zero attached hydrogens (tertiary/aromatic N) is 3. The van der Waals surface area contributed by atoms with Crippen LogP contribution in [0.1, 0.15) is 31.2 Å². The first-order chi connectivity index (χ1) is 7.66. The number of aryl methyl sites for hydroxylation is 1. The molecule has 0 radical (unpaired) electrons. The summed E-state index contributed by atoms with van der Waals surface area (Å²) in [6, 6.07) is 4.93. The molecule has 3 heteroatoms. The summed E-state index contributed by atoms with van der Waals surface area (Å²) in [7, 11) is 0. The van der Waals surface area contributed by atoms with Gasteiger partial charge >= 0.3 is 0 Å². The Labute approximate surface area is 96.9 Å². The van der Waals surface area contributed by atoms with Gasteiger partial charge in [0.05, 0.1) is 11.4 Å². The van der Waals surface area contributed by atoms with Crippen LogP contribution in [0.25, 0.3) is 0 Å². The Hall–Kier alpha value is -0.960. The summed E-state index contributed by atoms with van der Waals surface area (Å²) in [5, 5.41) is 8.48. The quantitative estimate of drug-likeness (QED) is 0.757. The van der Waals surface area contributed by atoms with Gasteiger partial charge in [-0.15, -0.1) is 0 Å². The van der Waals surface area contributed by atoms with Gasteiger partial charge in [0.15, 0.2) is 0 Å². The zero-order chi connectivity index (χ0) is 11.3. The molecule has 0 aromatic carbocycles. The Kier molecular flexibility index (Phi) is 2.25. The molecule has 1 saturated heterocycles. The van der Waals surface area contributed by atoms with Crippen LogP contribution < -0.4 is 0 Å². The molecule has 16 heavy (non-hydrogen) atoms. The molecule has 86 valence electrons. The van der Waals surface area contributed by atoms with Gasteiger partial charge in [0.1, 0.15) is 0 Å². The van der Waals surface area contributed by atoms with Gasteiger partial charge in [-0.25, -0.2) is 0 Å². The van der Waals surface area contributed by atoms with Gasteiger partial charge in [0, 0.05) is 25.0 Å². The molecule has 0 amide bonds. The Morgan fingerprint density at radius 1 is 1.19 bits per heavy atom. The molecule has 2 atom stereocenters. The summed E-state index contributed by atoms with van der Waals surface area (Å²) in [6.45, 7) is 9.06. The van der Waals surface area contributed by atoms with Crippen LogP contribution in [0.2, 0.25) is 0 Å². The van der Waals surface area contributed by atoms with Crippen LogP contribution in [0.15, 0.2) is 12.1 Å². The highest BCUT2D eigenvalue weighted by Crippen LogP contribution is 2.57. The molecule has 0 spiro atoms. The number of likely N-dealkylation sites (tertiary alicyclic amines) is 1. The molecule has 1 aromatic rings. The van der Waals surface area contributed by atoms with E-state index >= 15 is 0 Å². The van der Waals surface area contributed by atoms with Crippen molar-refractivity contribution in [2.45, 2.75) is 32.7 Å². The second-order valence-electron chi connectivity index (χ2n) is 5.50. The highest BCUT2D eigenvalue weighted by atomic mass is 15.2. The van der Waals surface area contributed by atoms with Crippen molar-refractivity contribution in [3.05, 3.63) is 23.5 Å². The third kappa shape index (κ3) is 1.54. The van der Waals surface area contributed by atoms with Crippen molar-refractivity contribution >= 4 is 0 Å². The van der Waals surface area contributed by atoms with Gasteiger partial charge in [-0.05, 0) is 44.7 Å². The maximum Gasteiger partial charge on any atom is 0.0668 e. The summed E-state index contributed by atoms with van der Waals surface area (Å²) >= 11 is 0. The third-order valence-corrected chi connectivity index (χ3v) is 4.11. The van der Waals surface area contributed by atoms with E-state index < -0.39 is 0 Å². The number of rotatable bonds is 2. The number of fused-ring (bicyclic) bond motifs is 1. The molecule has 2 fully saturated rings. The van der Waals surface area contributed by atoms with Gasteiger partial charge in [-0.3, -0.25) is 0 Å². The molecule has 1 aliphatic carbocycles. The van der Waals surface area contributed by atoms with Crippen molar-refractivity contribution in [3.8, 4) is 0 Å². The Morgan fingerprint density at radius 3 is 2.38 bits per heavy atom. The fourth-order valence-electron chi connectivity index (χ4n) is 3.01. The van der Waals surface area contributed by atoms with E-state index in [1.807, 2.05) is 6.92 Å². The molecule has 3 nitrogen and oxygen atoms in total. The van der Waals surface area contributed by atoms with E-state index in [1.54, 1.807) is 0 Å². The summed E-state index contributed by atoms with van der Waals surface area (Å²) in [4.78, 5) is 2.58. The van der Waals surface area contributed by atoms with Crippen LogP contribution in [0.5, 0.6) is 0 Å². The topological polar surface area (TPSA) is 29.0 Å². The van der Waals surface area contributed by atoms with Gasteiger partial charge in [-0.1, -0.05) is 0 Å². The zero-order valence-electron chi connectivity index (χ0n) is 10.2. The molecular weight excluding hydrogens is 198 g/mol. The van der Waals surface area contributed by atoms with E-state index in [0.29, 0.717) is 12.0 Å². The van der Waals surface area contributed by atoms with E-state index in [0.717, 1.165) is 17.5 Å². The maximum atomic E-state index is 4.32. The molecule has 0 N–H and O–H groups in total. The smallest absolute Gasteiger partial charge is 0.0668 e. The molecule has 2 heterocycles. The molecule has 2 aliphatic rings. The molecule has 1 saturated carbocycles. The molecule has 0 bridgehead atoms.